The first-order valence-corrected chi connectivity index (χ1v) is 7.12. The van der Waals surface area contributed by atoms with E-state index < -0.39 is 0 Å². The van der Waals surface area contributed by atoms with Gasteiger partial charge in [0.1, 0.15) is 5.82 Å². The van der Waals surface area contributed by atoms with E-state index in [0.717, 1.165) is 12.2 Å². The lowest BCUT2D eigenvalue weighted by Gasteiger charge is -2.08. The Bertz CT molecular complexity index is 387. The molecule has 18 heavy (non-hydrogen) atoms. The van der Waals surface area contributed by atoms with Crippen LogP contribution in [0.1, 0.15) is 18.9 Å². The number of hydrogen-bond donors (Lipinski definition) is 2. The van der Waals surface area contributed by atoms with Gasteiger partial charge in [0, 0.05) is 23.9 Å². The van der Waals surface area contributed by atoms with Crippen molar-refractivity contribution in [1.82, 2.24) is 5.32 Å². The second-order valence-electron chi connectivity index (χ2n) is 4.05. The topological polar surface area (TPSA) is 55.1 Å². The summed E-state index contributed by atoms with van der Waals surface area (Å²) in [5.74, 6) is 0.746. The molecule has 0 radical (unpaired) electrons. The summed E-state index contributed by atoms with van der Waals surface area (Å²) < 4.78 is 13.3. The van der Waals surface area contributed by atoms with Gasteiger partial charge in [0.15, 0.2) is 0 Å². The molecule has 1 rings (SSSR count). The highest BCUT2D eigenvalue weighted by Gasteiger charge is 2.06. The summed E-state index contributed by atoms with van der Waals surface area (Å²) in [5.41, 5.74) is 6.24. The number of amides is 1. The van der Waals surface area contributed by atoms with E-state index >= 15 is 0 Å². The summed E-state index contributed by atoms with van der Waals surface area (Å²) in [6, 6.07) is 6.56. The van der Waals surface area contributed by atoms with Crippen molar-refractivity contribution >= 4 is 17.7 Å². The van der Waals surface area contributed by atoms with Crippen LogP contribution in [0.15, 0.2) is 24.3 Å². The van der Waals surface area contributed by atoms with Gasteiger partial charge in [-0.15, -0.1) is 0 Å². The summed E-state index contributed by atoms with van der Waals surface area (Å²) in [7, 11) is 0. The summed E-state index contributed by atoms with van der Waals surface area (Å²) in [6.07, 6.45) is 0.907. The number of thioether (sulfide) groups is 1. The van der Waals surface area contributed by atoms with Gasteiger partial charge in [-0.3, -0.25) is 4.79 Å². The molecule has 0 saturated carbocycles. The monoisotopic (exact) mass is 270 g/mol. The summed E-state index contributed by atoms with van der Waals surface area (Å²) in [6.45, 7) is 2.25. The zero-order valence-corrected chi connectivity index (χ0v) is 11.3. The molecule has 100 valence electrons. The maximum atomic E-state index is 13.3. The van der Waals surface area contributed by atoms with Crippen molar-refractivity contribution in [1.29, 1.82) is 0 Å². The number of nitrogens with two attached hydrogens (primary N) is 1. The van der Waals surface area contributed by atoms with Crippen molar-refractivity contribution in [3.63, 3.8) is 0 Å². The maximum absolute atomic E-state index is 13.3. The van der Waals surface area contributed by atoms with Gasteiger partial charge >= 0.3 is 0 Å². The van der Waals surface area contributed by atoms with Gasteiger partial charge in [-0.2, -0.15) is 11.8 Å². The fourth-order valence-corrected chi connectivity index (χ4v) is 2.25. The van der Waals surface area contributed by atoms with Crippen molar-refractivity contribution in [2.24, 2.45) is 5.73 Å². The lowest BCUT2D eigenvalue weighted by atomic mass is 10.2. The summed E-state index contributed by atoms with van der Waals surface area (Å²) >= 11 is 1.50. The Labute approximate surface area is 111 Å². The number of rotatable bonds is 7. The molecule has 0 fully saturated rings. The third kappa shape index (κ3) is 5.51. The van der Waals surface area contributed by atoms with E-state index in [1.807, 2.05) is 6.92 Å². The van der Waals surface area contributed by atoms with Crippen molar-refractivity contribution in [3.05, 3.63) is 35.6 Å². The third-order valence-corrected chi connectivity index (χ3v) is 3.65. The second-order valence-corrected chi connectivity index (χ2v) is 5.08. The lowest BCUT2D eigenvalue weighted by molar-refractivity contribution is -0.118. The highest BCUT2D eigenvalue weighted by molar-refractivity contribution is 7.99. The third-order valence-electron chi connectivity index (χ3n) is 2.52. The van der Waals surface area contributed by atoms with E-state index in [1.165, 1.54) is 17.8 Å². The summed E-state index contributed by atoms with van der Waals surface area (Å²) in [4.78, 5) is 11.5. The fraction of sp³-hybridized carbons (Fsp3) is 0.462. The molecule has 1 amide bonds. The maximum Gasteiger partial charge on any atom is 0.230 e. The first kappa shape index (κ1) is 15.0. The van der Waals surface area contributed by atoms with Gasteiger partial charge in [-0.25, -0.2) is 4.39 Å². The molecule has 0 aliphatic carbocycles. The minimum absolute atomic E-state index is 0.0912. The van der Waals surface area contributed by atoms with Gasteiger partial charge in [-0.05, 0) is 12.5 Å². The molecule has 0 bridgehead atoms. The number of halogens is 1. The zero-order valence-electron chi connectivity index (χ0n) is 10.5. The smallest absolute Gasteiger partial charge is 0.230 e. The Kier molecular flexibility index (Phi) is 6.75. The highest BCUT2D eigenvalue weighted by Crippen LogP contribution is 2.06. The Morgan fingerprint density at radius 1 is 1.50 bits per heavy atom. The normalized spacial score (nSPS) is 12.2. The molecule has 0 aliphatic rings. The van der Waals surface area contributed by atoms with Crippen molar-refractivity contribution < 1.29 is 9.18 Å². The van der Waals surface area contributed by atoms with Crippen LogP contribution in [0, 0.1) is 5.82 Å². The van der Waals surface area contributed by atoms with E-state index in [-0.39, 0.29) is 24.3 Å². The van der Waals surface area contributed by atoms with Crippen LogP contribution < -0.4 is 11.1 Å². The zero-order chi connectivity index (χ0) is 13.4. The Morgan fingerprint density at radius 2 is 2.22 bits per heavy atom. The van der Waals surface area contributed by atoms with Crippen molar-refractivity contribution in [2.75, 3.05) is 11.5 Å². The molecule has 3 nitrogen and oxygen atoms in total. The summed E-state index contributed by atoms with van der Waals surface area (Å²) in [5, 5.41) is 2.69. The average molecular weight is 270 g/mol. The highest BCUT2D eigenvalue weighted by atomic mass is 32.2. The molecule has 1 atom stereocenters. The van der Waals surface area contributed by atoms with E-state index in [9.17, 15) is 9.18 Å². The van der Waals surface area contributed by atoms with Crippen LogP contribution in [0.25, 0.3) is 0 Å². The number of nitrogens with one attached hydrogen (secondary N) is 1. The van der Waals surface area contributed by atoms with Crippen molar-refractivity contribution in [3.8, 4) is 0 Å². The quantitative estimate of drug-likeness (QED) is 0.796. The Balaban J connectivity index is 2.23. The molecular weight excluding hydrogens is 251 g/mol. The second kappa shape index (κ2) is 8.11. The van der Waals surface area contributed by atoms with Gasteiger partial charge < -0.3 is 11.1 Å². The van der Waals surface area contributed by atoms with E-state index in [0.29, 0.717) is 11.3 Å². The number of carbonyl (C=O) groups is 1. The van der Waals surface area contributed by atoms with Crippen LogP contribution in [-0.2, 0) is 11.3 Å². The Hall–Kier alpha value is -1.07. The van der Waals surface area contributed by atoms with E-state index in [1.54, 1.807) is 18.2 Å². The predicted octanol–water partition coefficient (Wildman–Crippen LogP) is 1.91. The van der Waals surface area contributed by atoms with Crippen molar-refractivity contribution in [2.45, 2.75) is 25.9 Å². The standard InChI is InChI=1S/C13H19FN2OS/c1-2-11(15)8-18-9-13(17)16-7-10-5-3-4-6-12(10)14/h3-6,11H,2,7-9,15H2,1H3,(H,16,17). The molecule has 0 spiro atoms. The lowest BCUT2D eigenvalue weighted by Crippen LogP contribution is -2.27. The van der Waals surface area contributed by atoms with Crippen LogP contribution in [0.4, 0.5) is 4.39 Å². The predicted molar refractivity (Wildman–Crippen MR) is 73.8 cm³/mol. The minimum Gasteiger partial charge on any atom is -0.351 e. The van der Waals surface area contributed by atoms with Gasteiger partial charge in [0.2, 0.25) is 5.91 Å². The fourth-order valence-electron chi connectivity index (χ4n) is 1.31. The van der Waals surface area contributed by atoms with E-state index in [4.69, 9.17) is 5.73 Å². The molecule has 3 N–H and O–H groups in total. The van der Waals surface area contributed by atoms with Crippen LogP contribution in [-0.4, -0.2) is 23.5 Å². The first-order valence-electron chi connectivity index (χ1n) is 5.97. The SMILES string of the molecule is CCC(N)CSCC(=O)NCc1ccccc1F. The molecule has 0 saturated heterocycles. The van der Waals surface area contributed by atoms with Gasteiger partial charge in [0.25, 0.3) is 0 Å². The van der Waals surface area contributed by atoms with Gasteiger partial charge in [0.05, 0.1) is 5.75 Å². The van der Waals surface area contributed by atoms with Crippen LogP contribution >= 0.6 is 11.8 Å². The molecular formula is C13H19FN2OS. The minimum atomic E-state index is -0.293. The van der Waals surface area contributed by atoms with Gasteiger partial charge in [-0.1, -0.05) is 25.1 Å². The number of hydrogen-bond acceptors (Lipinski definition) is 3. The number of benzene rings is 1. The molecule has 5 heteroatoms. The van der Waals surface area contributed by atoms with Crippen LogP contribution in [0.5, 0.6) is 0 Å². The van der Waals surface area contributed by atoms with Crippen LogP contribution in [0.3, 0.4) is 0 Å². The Morgan fingerprint density at radius 3 is 2.89 bits per heavy atom. The van der Waals surface area contributed by atoms with E-state index in [2.05, 4.69) is 5.32 Å². The molecule has 0 aliphatic heterocycles. The molecule has 1 aromatic rings. The molecule has 0 heterocycles. The largest absolute Gasteiger partial charge is 0.351 e. The number of carbonyl (C=O) groups excluding carboxylic acids is 1. The molecule has 0 aromatic heterocycles. The van der Waals surface area contributed by atoms with Crippen LogP contribution in [0.2, 0.25) is 0 Å². The molecule has 1 aromatic carbocycles. The molecule has 1 unspecified atom stereocenters. The first-order chi connectivity index (χ1) is 8.63. The average Bonchev–Trinajstić information content (AvgIpc) is 2.37.